The van der Waals surface area contributed by atoms with Crippen molar-refractivity contribution in [1.82, 2.24) is 9.88 Å². The molecule has 1 aromatic carbocycles. The second-order valence-electron chi connectivity index (χ2n) is 6.15. The maximum atomic E-state index is 13.1. The van der Waals surface area contributed by atoms with Gasteiger partial charge in [-0.2, -0.15) is 0 Å². The number of hydrogen-bond acceptors (Lipinski definition) is 4. The third kappa shape index (κ3) is 3.62. The van der Waals surface area contributed by atoms with Gasteiger partial charge in [-0.05, 0) is 38.2 Å². The average Bonchev–Trinajstić information content (AvgIpc) is 3.32. The first-order valence-electron chi connectivity index (χ1n) is 8.00. The van der Waals surface area contributed by atoms with Gasteiger partial charge in [0.05, 0.1) is 23.4 Å². The Bertz CT molecular complexity index is 680. The molecule has 0 saturated heterocycles. The van der Waals surface area contributed by atoms with E-state index >= 15 is 0 Å². The highest BCUT2D eigenvalue weighted by Gasteiger charge is 2.38. The number of thiazole rings is 1. The molecule has 0 spiro atoms. The summed E-state index contributed by atoms with van der Waals surface area (Å²) >= 11 is 1.44. The highest BCUT2D eigenvalue weighted by atomic mass is 32.1. The van der Waals surface area contributed by atoms with Gasteiger partial charge in [0.25, 0.3) is 5.91 Å². The van der Waals surface area contributed by atoms with Crippen molar-refractivity contribution in [2.75, 3.05) is 6.61 Å². The number of aliphatic hydroxyl groups excluding tert-OH is 1. The largest absolute Gasteiger partial charge is 0.394 e. The molecule has 3 rings (SSSR count). The molecule has 1 aliphatic carbocycles. The predicted octanol–water partition coefficient (Wildman–Crippen LogP) is 3.17. The molecule has 1 fully saturated rings. The quantitative estimate of drug-likeness (QED) is 0.885. The van der Waals surface area contributed by atoms with Gasteiger partial charge in [0.1, 0.15) is 4.88 Å². The standard InChI is InChI=1S/C18H22N2O2S/c1-12-17(23-13(2)19-12)18(22)20(16(11-21)15-8-9-15)10-14-6-4-3-5-7-14/h3-7,15-16,21H,8-11H2,1-2H3. The Kier molecular flexibility index (Phi) is 4.78. The number of rotatable bonds is 6. The van der Waals surface area contributed by atoms with Crippen molar-refractivity contribution in [3.8, 4) is 0 Å². The Morgan fingerprint density at radius 1 is 1.35 bits per heavy atom. The van der Waals surface area contributed by atoms with E-state index in [-0.39, 0.29) is 18.6 Å². The molecule has 0 aliphatic heterocycles. The van der Waals surface area contributed by atoms with Crippen molar-refractivity contribution in [1.29, 1.82) is 0 Å². The van der Waals surface area contributed by atoms with E-state index in [0.717, 1.165) is 29.1 Å². The molecule has 122 valence electrons. The van der Waals surface area contributed by atoms with E-state index in [0.29, 0.717) is 17.3 Å². The molecule has 1 saturated carbocycles. The summed E-state index contributed by atoms with van der Waals surface area (Å²) < 4.78 is 0. The van der Waals surface area contributed by atoms with Crippen LogP contribution in [0.25, 0.3) is 0 Å². The highest BCUT2D eigenvalue weighted by Crippen LogP contribution is 2.37. The number of aryl methyl sites for hydroxylation is 2. The van der Waals surface area contributed by atoms with Crippen LogP contribution < -0.4 is 0 Å². The molecule has 1 N–H and O–H groups in total. The zero-order valence-corrected chi connectivity index (χ0v) is 14.3. The number of carbonyl (C=O) groups is 1. The van der Waals surface area contributed by atoms with Crippen LogP contribution in [0.4, 0.5) is 0 Å². The van der Waals surface area contributed by atoms with E-state index in [1.165, 1.54) is 11.3 Å². The van der Waals surface area contributed by atoms with Gasteiger partial charge in [0, 0.05) is 6.54 Å². The molecule has 1 amide bonds. The molecule has 2 aromatic rings. The van der Waals surface area contributed by atoms with E-state index in [9.17, 15) is 9.90 Å². The van der Waals surface area contributed by atoms with Gasteiger partial charge in [0.2, 0.25) is 0 Å². The third-order valence-corrected chi connectivity index (χ3v) is 5.37. The number of benzene rings is 1. The maximum absolute atomic E-state index is 13.1. The van der Waals surface area contributed by atoms with Crippen molar-refractivity contribution in [2.24, 2.45) is 5.92 Å². The lowest BCUT2D eigenvalue weighted by atomic mass is 10.1. The van der Waals surface area contributed by atoms with Crippen molar-refractivity contribution in [3.05, 3.63) is 51.5 Å². The zero-order valence-electron chi connectivity index (χ0n) is 13.5. The lowest BCUT2D eigenvalue weighted by Gasteiger charge is -2.30. The molecule has 0 bridgehead atoms. The van der Waals surface area contributed by atoms with Crippen molar-refractivity contribution in [3.63, 3.8) is 0 Å². The molecule has 1 unspecified atom stereocenters. The molecule has 1 atom stereocenters. The lowest BCUT2D eigenvalue weighted by molar-refractivity contribution is 0.0535. The Balaban J connectivity index is 1.90. The summed E-state index contributed by atoms with van der Waals surface area (Å²) in [5, 5.41) is 10.7. The molecule has 5 heteroatoms. The van der Waals surface area contributed by atoms with E-state index in [2.05, 4.69) is 4.98 Å². The monoisotopic (exact) mass is 330 g/mol. The van der Waals surface area contributed by atoms with Crippen LogP contribution in [-0.4, -0.2) is 33.5 Å². The topological polar surface area (TPSA) is 53.4 Å². The zero-order chi connectivity index (χ0) is 16.4. The first-order chi connectivity index (χ1) is 11.1. The fraction of sp³-hybridized carbons (Fsp3) is 0.444. The molecule has 4 nitrogen and oxygen atoms in total. The van der Waals surface area contributed by atoms with Crippen molar-refractivity contribution in [2.45, 2.75) is 39.3 Å². The predicted molar refractivity (Wildman–Crippen MR) is 91.5 cm³/mol. The summed E-state index contributed by atoms with van der Waals surface area (Å²) in [7, 11) is 0. The van der Waals surface area contributed by atoms with Gasteiger partial charge < -0.3 is 10.0 Å². The van der Waals surface area contributed by atoms with E-state index in [4.69, 9.17) is 0 Å². The van der Waals surface area contributed by atoms with Gasteiger partial charge >= 0.3 is 0 Å². The molecular weight excluding hydrogens is 308 g/mol. The summed E-state index contributed by atoms with van der Waals surface area (Å²) in [5.74, 6) is 0.407. The molecule has 1 aromatic heterocycles. The minimum Gasteiger partial charge on any atom is -0.394 e. The molecule has 1 heterocycles. The number of nitrogens with zero attached hydrogens (tertiary/aromatic N) is 2. The minimum atomic E-state index is -0.107. The van der Waals surface area contributed by atoms with Gasteiger partial charge in [-0.25, -0.2) is 4.98 Å². The van der Waals surface area contributed by atoms with Crippen molar-refractivity contribution < 1.29 is 9.90 Å². The van der Waals surface area contributed by atoms with Crippen LogP contribution in [0.1, 0.15) is 38.8 Å². The van der Waals surface area contributed by atoms with Crippen LogP contribution in [0.15, 0.2) is 30.3 Å². The highest BCUT2D eigenvalue weighted by molar-refractivity contribution is 7.13. The molecule has 0 radical (unpaired) electrons. The number of hydrogen-bond donors (Lipinski definition) is 1. The van der Waals surface area contributed by atoms with Crippen molar-refractivity contribution >= 4 is 17.2 Å². The van der Waals surface area contributed by atoms with Gasteiger partial charge in [-0.15, -0.1) is 11.3 Å². The summed E-state index contributed by atoms with van der Waals surface area (Å²) in [4.78, 5) is 20.0. The Morgan fingerprint density at radius 2 is 2.04 bits per heavy atom. The van der Waals surface area contributed by atoms with E-state index in [1.807, 2.05) is 49.1 Å². The van der Waals surface area contributed by atoms with Crippen LogP contribution in [0.3, 0.4) is 0 Å². The molecular formula is C18H22N2O2S. The second kappa shape index (κ2) is 6.81. The smallest absolute Gasteiger partial charge is 0.266 e. The molecule has 23 heavy (non-hydrogen) atoms. The maximum Gasteiger partial charge on any atom is 0.266 e. The summed E-state index contributed by atoms with van der Waals surface area (Å²) in [6.45, 7) is 4.33. The van der Waals surface area contributed by atoms with Crippen LogP contribution in [0, 0.1) is 19.8 Å². The third-order valence-electron chi connectivity index (χ3n) is 4.31. The van der Waals surface area contributed by atoms with Crippen LogP contribution in [0.5, 0.6) is 0 Å². The van der Waals surface area contributed by atoms with Crippen LogP contribution in [-0.2, 0) is 6.54 Å². The SMILES string of the molecule is Cc1nc(C)c(C(=O)N(Cc2ccccc2)C(CO)C2CC2)s1. The molecule has 1 aliphatic rings. The van der Waals surface area contributed by atoms with E-state index < -0.39 is 0 Å². The number of amides is 1. The van der Waals surface area contributed by atoms with Crippen LogP contribution in [0.2, 0.25) is 0 Å². The summed E-state index contributed by atoms with van der Waals surface area (Å²) in [5.41, 5.74) is 1.86. The van der Waals surface area contributed by atoms with Crippen LogP contribution >= 0.6 is 11.3 Å². The number of aromatic nitrogens is 1. The van der Waals surface area contributed by atoms with Gasteiger partial charge in [0.15, 0.2) is 0 Å². The first kappa shape index (κ1) is 16.1. The Labute approximate surface area is 140 Å². The average molecular weight is 330 g/mol. The number of aliphatic hydroxyl groups is 1. The fourth-order valence-corrected chi connectivity index (χ4v) is 3.84. The normalized spacial score (nSPS) is 15.4. The number of carbonyl (C=O) groups excluding carboxylic acids is 1. The first-order valence-corrected chi connectivity index (χ1v) is 8.81. The van der Waals surface area contributed by atoms with E-state index in [1.54, 1.807) is 0 Å². The van der Waals surface area contributed by atoms with Gasteiger partial charge in [-0.3, -0.25) is 4.79 Å². The Hall–Kier alpha value is -1.72. The fourth-order valence-electron chi connectivity index (χ4n) is 2.96. The minimum absolute atomic E-state index is 0.0112. The summed E-state index contributed by atoms with van der Waals surface area (Å²) in [6.07, 6.45) is 2.18. The Morgan fingerprint density at radius 3 is 2.57 bits per heavy atom. The van der Waals surface area contributed by atoms with Gasteiger partial charge in [-0.1, -0.05) is 30.3 Å². The lowest BCUT2D eigenvalue weighted by Crippen LogP contribution is -2.43. The second-order valence-corrected chi connectivity index (χ2v) is 7.36. The summed E-state index contributed by atoms with van der Waals surface area (Å²) in [6, 6.07) is 9.86.